The third-order valence-electron chi connectivity index (χ3n) is 4.94. The van der Waals surface area contributed by atoms with E-state index >= 15 is 0 Å². The van der Waals surface area contributed by atoms with E-state index in [0.717, 1.165) is 0 Å². The van der Waals surface area contributed by atoms with E-state index in [1.807, 2.05) is 5.92 Å². The van der Waals surface area contributed by atoms with Crippen LogP contribution in [0.15, 0.2) is 0 Å². The molecular formula is C20H39. The van der Waals surface area contributed by atoms with Crippen molar-refractivity contribution in [2.75, 3.05) is 0 Å². The van der Waals surface area contributed by atoms with Gasteiger partial charge in [0.25, 0.3) is 0 Å². The van der Waals surface area contributed by atoms with E-state index in [4.69, 9.17) is 0 Å². The fourth-order valence-electron chi connectivity index (χ4n) is 3.52. The summed E-state index contributed by atoms with van der Waals surface area (Å²) >= 11 is 0. The zero-order valence-corrected chi connectivity index (χ0v) is 14.2. The summed E-state index contributed by atoms with van der Waals surface area (Å²) in [7, 11) is 0. The fraction of sp³-hybridized carbons (Fsp3) is 0.950. The van der Waals surface area contributed by atoms with Crippen molar-refractivity contribution in [2.45, 2.75) is 122 Å². The Labute approximate surface area is 129 Å². The van der Waals surface area contributed by atoms with Gasteiger partial charge in [-0.3, -0.25) is 0 Å². The Bertz CT molecular complexity index is 174. The van der Waals surface area contributed by atoms with Gasteiger partial charge in [0.1, 0.15) is 0 Å². The Balaban J connectivity index is 1.95. The van der Waals surface area contributed by atoms with Crippen LogP contribution in [0, 0.1) is 5.92 Å². The monoisotopic (exact) mass is 279 g/mol. The Morgan fingerprint density at radius 2 is 1.00 bits per heavy atom. The molecule has 0 nitrogen and oxygen atoms in total. The highest BCUT2D eigenvalue weighted by Crippen LogP contribution is 2.27. The van der Waals surface area contributed by atoms with Gasteiger partial charge in [0, 0.05) is 0 Å². The highest BCUT2D eigenvalue weighted by molar-refractivity contribution is 4.89. The number of rotatable bonds is 9. The molecular weight excluding hydrogens is 240 g/mol. The Morgan fingerprint density at radius 3 is 1.55 bits per heavy atom. The predicted octanol–water partition coefficient (Wildman–Crippen LogP) is 7.62. The lowest BCUT2D eigenvalue weighted by atomic mass is 9.88. The molecule has 0 aromatic rings. The molecule has 20 heavy (non-hydrogen) atoms. The molecule has 0 aromatic carbocycles. The quantitative estimate of drug-likeness (QED) is 0.381. The van der Waals surface area contributed by atoms with Crippen LogP contribution in [-0.2, 0) is 0 Å². The van der Waals surface area contributed by atoms with Crippen LogP contribution < -0.4 is 0 Å². The summed E-state index contributed by atoms with van der Waals surface area (Å²) in [5.74, 6) is 1.91. The van der Waals surface area contributed by atoms with Crippen LogP contribution in [-0.4, -0.2) is 0 Å². The van der Waals surface area contributed by atoms with Gasteiger partial charge >= 0.3 is 0 Å². The molecule has 0 saturated heterocycles. The molecule has 1 saturated carbocycles. The summed E-state index contributed by atoms with van der Waals surface area (Å²) in [6.45, 7) is 2.30. The molecule has 0 N–H and O–H groups in total. The van der Waals surface area contributed by atoms with Gasteiger partial charge in [-0.25, -0.2) is 0 Å². The summed E-state index contributed by atoms with van der Waals surface area (Å²) in [4.78, 5) is 0. The number of hydrogen-bond acceptors (Lipinski definition) is 0. The molecule has 1 rings (SSSR count). The molecule has 0 heteroatoms. The van der Waals surface area contributed by atoms with Gasteiger partial charge in [-0.1, -0.05) is 103 Å². The van der Waals surface area contributed by atoms with Crippen LogP contribution in [0.3, 0.4) is 0 Å². The maximum absolute atomic E-state index is 2.30. The molecule has 0 aliphatic heterocycles. The van der Waals surface area contributed by atoms with Crippen molar-refractivity contribution >= 4 is 0 Å². The second-order valence-electron chi connectivity index (χ2n) is 6.95. The maximum Gasteiger partial charge on any atom is -0.0241 e. The molecule has 0 amide bonds. The second-order valence-corrected chi connectivity index (χ2v) is 6.95. The Kier molecular flexibility index (Phi) is 12.6. The van der Waals surface area contributed by atoms with Crippen molar-refractivity contribution in [2.24, 2.45) is 0 Å². The minimum Gasteiger partial charge on any atom is -0.0654 e. The molecule has 1 fully saturated rings. The smallest absolute Gasteiger partial charge is 0.0241 e. The van der Waals surface area contributed by atoms with Crippen LogP contribution in [0.2, 0.25) is 0 Å². The largest absolute Gasteiger partial charge is 0.0654 e. The Morgan fingerprint density at radius 1 is 0.550 bits per heavy atom. The SMILES string of the molecule is CCCCCCCCCC[C]1CCCCCCCCC1. The first kappa shape index (κ1) is 18.1. The summed E-state index contributed by atoms with van der Waals surface area (Å²) in [6.07, 6.45) is 26.4. The summed E-state index contributed by atoms with van der Waals surface area (Å²) < 4.78 is 0. The van der Waals surface area contributed by atoms with Crippen LogP contribution in [0.25, 0.3) is 0 Å². The summed E-state index contributed by atoms with van der Waals surface area (Å²) in [5.41, 5.74) is 0. The van der Waals surface area contributed by atoms with Crippen molar-refractivity contribution in [3.05, 3.63) is 5.92 Å². The van der Waals surface area contributed by atoms with Gasteiger partial charge in [0.2, 0.25) is 0 Å². The van der Waals surface area contributed by atoms with Crippen LogP contribution in [0.4, 0.5) is 0 Å². The van der Waals surface area contributed by atoms with E-state index in [-0.39, 0.29) is 0 Å². The number of unbranched alkanes of at least 4 members (excludes halogenated alkanes) is 7. The molecule has 1 aliphatic rings. The van der Waals surface area contributed by atoms with Crippen LogP contribution in [0.5, 0.6) is 0 Å². The normalized spacial score (nSPS) is 19.1. The van der Waals surface area contributed by atoms with Gasteiger partial charge < -0.3 is 0 Å². The van der Waals surface area contributed by atoms with E-state index < -0.39 is 0 Å². The molecule has 0 spiro atoms. The zero-order chi connectivity index (χ0) is 14.3. The van der Waals surface area contributed by atoms with Gasteiger partial charge in [-0.15, -0.1) is 0 Å². The summed E-state index contributed by atoms with van der Waals surface area (Å²) in [6, 6.07) is 0. The summed E-state index contributed by atoms with van der Waals surface area (Å²) in [5, 5.41) is 0. The highest BCUT2D eigenvalue weighted by Gasteiger charge is 2.10. The third-order valence-corrected chi connectivity index (χ3v) is 4.94. The molecule has 0 unspecified atom stereocenters. The highest BCUT2D eigenvalue weighted by atomic mass is 14.2. The van der Waals surface area contributed by atoms with Crippen molar-refractivity contribution in [1.29, 1.82) is 0 Å². The van der Waals surface area contributed by atoms with Crippen LogP contribution in [0.1, 0.15) is 122 Å². The molecule has 0 atom stereocenters. The Hall–Kier alpha value is 0. The predicted molar refractivity (Wildman–Crippen MR) is 92.0 cm³/mol. The molecule has 0 aromatic heterocycles. The second kappa shape index (κ2) is 14.0. The van der Waals surface area contributed by atoms with Crippen molar-refractivity contribution < 1.29 is 0 Å². The topological polar surface area (TPSA) is 0 Å². The standard InChI is InChI=1S/C20H39/c1-2-3-4-5-6-8-11-14-17-20-18-15-12-9-7-10-13-16-19-20/h2-19H2,1H3. The average molecular weight is 280 g/mol. The molecule has 1 aliphatic carbocycles. The average Bonchev–Trinajstić information content (AvgIpc) is 2.48. The molecule has 1 radical (unpaired) electrons. The third kappa shape index (κ3) is 10.7. The lowest BCUT2D eigenvalue weighted by Gasteiger charge is -2.17. The van der Waals surface area contributed by atoms with E-state index in [0.29, 0.717) is 0 Å². The van der Waals surface area contributed by atoms with Crippen molar-refractivity contribution in [3.63, 3.8) is 0 Å². The first-order valence-electron chi connectivity index (χ1n) is 9.77. The first-order chi connectivity index (χ1) is 9.93. The van der Waals surface area contributed by atoms with E-state index in [9.17, 15) is 0 Å². The fourth-order valence-corrected chi connectivity index (χ4v) is 3.52. The van der Waals surface area contributed by atoms with E-state index in [1.165, 1.54) is 116 Å². The van der Waals surface area contributed by atoms with E-state index in [1.54, 1.807) is 0 Å². The van der Waals surface area contributed by atoms with Crippen LogP contribution >= 0.6 is 0 Å². The molecule has 0 heterocycles. The first-order valence-corrected chi connectivity index (χ1v) is 9.77. The maximum atomic E-state index is 2.30. The van der Waals surface area contributed by atoms with Crippen molar-refractivity contribution in [1.82, 2.24) is 0 Å². The molecule has 0 bridgehead atoms. The van der Waals surface area contributed by atoms with Gasteiger partial charge in [-0.05, 0) is 25.2 Å². The molecule has 119 valence electrons. The lowest BCUT2D eigenvalue weighted by Crippen LogP contribution is -2.00. The van der Waals surface area contributed by atoms with Gasteiger partial charge in [0.15, 0.2) is 0 Å². The zero-order valence-electron chi connectivity index (χ0n) is 14.2. The lowest BCUT2D eigenvalue weighted by molar-refractivity contribution is 0.490. The minimum absolute atomic E-state index is 1.37. The minimum atomic E-state index is 1.37. The van der Waals surface area contributed by atoms with Gasteiger partial charge in [-0.2, -0.15) is 0 Å². The van der Waals surface area contributed by atoms with Gasteiger partial charge in [0.05, 0.1) is 0 Å². The number of hydrogen-bond donors (Lipinski definition) is 0. The van der Waals surface area contributed by atoms with Crippen molar-refractivity contribution in [3.8, 4) is 0 Å². The van der Waals surface area contributed by atoms with E-state index in [2.05, 4.69) is 6.92 Å².